The van der Waals surface area contributed by atoms with E-state index in [2.05, 4.69) is 14.8 Å². The van der Waals surface area contributed by atoms with Crippen LogP contribution in [-0.4, -0.2) is 34.5 Å². The van der Waals surface area contributed by atoms with Crippen LogP contribution in [0.25, 0.3) is 11.4 Å². The van der Waals surface area contributed by atoms with Gasteiger partial charge in [0.2, 0.25) is 0 Å². The molecule has 0 aliphatic carbocycles. The fourth-order valence-electron chi connectivity index (χ4n) is 3.04. The minimum atomic E-state index is 0.513. The fourth-order valence-corrected chi connectivity index (χ4v) is 3.04. The molecule has 1 atom stereocenters. The molecule has 1 unspecified atom stereocenters. The molecule has 0 amide bonds. The number of nitrogens with zero attached hydrogens (tertiary/aromatic N) is 3. The maximum Gasteiger partial charge on any atom is 0.172 e. The van der Waals surface area contributed by atoms with Crippen molar-refractivity contribution in [2.45, 2.75) is 19.4 Å². The molecule has 1 aromatic carbocycles. The van der Waals surface area contributed by atoms with Crippen LogP contribution in [0.3, 0.4) is 0 Å². The van der Waals surface area contributed by atoms with Crippen LogP contribution in [0.2, 0.25) is 0 Å². The van der Waals surface area contributed by atoms with Crippen molar-refractivity contribution in [2.75, 3.05) is 19.8 Å². The number of para-hydroxylation sites is 1. The van der Waals surface area contributed by atoms with Gasteiger partial charge in [0.15, 0.2) is 17.3 Å². The van der Waals surface area contributed by atoms with Crippen LogP contribution in [0.5, 0.6) is 11.5 Å². The second-order valence-corrected chi connectivity index (χ2v) is 5.52. The molecule has 0 bridgehead atoms. The Morgan fingerprint density at radius 1 is 1.24 bits per heavy atom. The summed E-state index contributed by atoms with van der Waals surface area (Å²) >= 11 is 0. The lowest BCUT2D eigenvalue weighted by atomic mass is 9.98. The third-order valence-electron chi connectivity index (χ3n) is 4.20. The van der Waals surface area contributed by atoms with Crippen molar-refractivity contribution in [1.29, 1.82) is 0 Å². The van der Waals surface area contributed by atoms with Gasteiger partial charge in [0.25, 0.3) is 0 Å². The van der Waals surface area contributed by atoms with E-state index in [9.17, 15) is 0 Å². The van der Waals surface area contributed by atoms with Gasteiger partial charge in [-0.25, -0.2) is 0 Å². The maximum atomic E-state index is 5.79. The van der Waals surface area contributed by atoms with Crippen molar-refractivity contribution in [1.82, 2.24) is 14.8 Å². The summed E-state index contributed by atoms with van der Waals surface area (Å²) in [6.45, 7) is 2.77. The number of fused-ring (bicyclic) bond motifs is 2. The number of nitrogens with two attached hydrogens (primary N) is 1. The largest absolute Gasteiger partial charge is 0.486 e. The van der Waals surface area contributed by atoms with Crippen LogP contribution in [0.15, 0.2) is 18.2 Å². The van der Waals surface area contributed by atoms with Crippen molar-refractivity contribution in [2.24, 2.45) is 11.7 Å². The van der Waals surface area contributed by atoms with E-state index < -0.39 is 0 Å². The summed E-state index contributed by atoms with van der Waals surface area (Å²) in [7, 11) is 0. The lowest BCUT2D eigenvalue weighted by Crippen LogP contribution is -2.26. The molecule has 0 radical (unpaired) electrons. The van der Waals surface area contributed by atoms with Crippen molar-refractivity contribution >= 4 is 0 Å². The topological polar surface area (TPSA) is 75.2 Å². The Morgan fingerprint density at radius 3 is 3.05 bits per heavy atom. The summed E-state index contributed by atoms with van der Waals surface area (Å²) in [6, 6.07) is 5.91. The van der Waals surface area contributed by atoms with Crippen molar-refractivity contribution < 1.29 is 9.47 Å². The maximum absolute atomic E-state index is 5.79. The molecule has 2 N–H and O–H groups in total. The molecule has 2 aromatic rings. The molecule has 3 heterocycles. The quantitative estimate of drug-likeness (QED) is 0.899. The molecular formula is C15H18N4O2. The first-order valence-corrected chi connectivity index (χ1v) is 7.38. The summed E-state index contributed by atoms with van der Waals surface area (Å²) in [5, 5.41) is 8.72. The van der Waals surface area contributed by atoms with E-state index in [1.54, 1.807) is 0 Å². The second kappa shape index (κ2) is 5.04. The normalized spacial score (nSPS) is 20.1. The monoisotopic (exact) mass is 286 g/mol. The molecule has 2 aliphatic rings. The van der Waals surface area contributed by atoms with Gasteiger partial charge in [0.1, 0.15) is 19.0 Å². The summed E-state index contributed by atoms with van der Waals surface area (Å²) < 4.78 is 13.6. The van der Waals surface area contributed by atoms with Crippen LogP contribution in [0.1, 0.15) is 12.2 Å². The molecule has 0 spiro atoms. The van der Waals surface area contributed by atoms with Crippen molar-refractivity contribution in [3.8, 4) is 22.9 Å². The molecule has 6 heteroatoms. The molecule has 0 saturated carbocycles. The Kier molecular flexibility index (Phi) is 3.03. The molecule has 0 fully saturated rings. The van der Waals surface area contributed by atoms with E-state index in [0.29, 0.717) is 25.7 Å². The lowest BCUT2D eigenvalue weighted by Gasteiger charge is -2.24. The van der Waals surface area contributed by atoms with Gasteiger partial charge < -0.3 is 19.8 Å². The van der Waals surface area contributed by atoms with Crippen LogP contribution < -0.4 is 15.2 Å². The van der Waals surface area contributed by atoms with Gasteiger partial charge in [-0.2, -0.15) is 0 Å². The minimum Gasteiger partial charge on any atom is -0.486 e. The molecular weight excluding hydrogens is 268 g/mol. The van der Waals surface area contributed by atoms with Crippen LogP contribution in [-0.2, 0) is 13.0 Å². The zero-order chi connectivity index (χ0) is 14.2. The lowest BCUT2D eigenvalue weighted by molar-refractivity contribution is 0.172. The van der Waals surface area contributed by atoms with Crippen molar-refractivity contribution in [3.63, 3.8) is 0 Å². The predicted octanol–water partition coefficient (Wildman–Crippen LogP) is 1.24. The average molecular weight is 286 g/mol. The van der Waals surface area contributed by atoms with E-state index in [0.717, 1.165) is 48.1 Å². The Hall–Kier alpha value is -2.08. The van der Waals surface area contributed by atoms with E-state index in [1.807, 2.05) is 18.2 Å². The molecule has 2 aliphatic heterocycles. The Bertz CT molecular complexity index is 668. The SMILES string of the molecule is NCC1CCn2c(nnc2-c2cccc3c2OCCO3)C1. The van der Waals surface area contributed by atoms with Gasteiger partial charge in [0.05, 0.1) is 5.56 Å². The van der Waals surface area contributed by atoms with Crippen LogP contribution >= 0.6 is 0 Å². The third kappa shape index (κ3) is 2.06. The summed E-state index contributed by atoms with van der Waals surface area (Å²) in [4.78, 5) is 0. The van der Waals surface area contributed by atoms with E-state index in [-0.39, 0.29) is 0 Å². The molecule has 1 aromatic heterocycles. The number of rotatable bonds is 2. The molecule has 6 nitrogen and oxygen atoms in total. The van der Waals surface area contributed by atoms with Gasteiger partial charge in [-0.15, -0.1) is 10.2 Å². The van der Waals surface area contributed by atoms with Gasteiger partial charge in [-0.1, -0.05) is 6.07 Å². The first-order chi connectivity index (χ1) is 10.4. The third-order valence-corrected chi connectivity index (χ3v) is 4.20. The highest BCUT2D eigenvalue weighted by Gasteiger charge is 2.26. The van der Waals surface area contributed by atoms with Crippen LogP contribution in [0.4, 0.5) is 0 Å². The van der Waals surface area contributed by atoms with Gasteiger partial charge in [-0.05, 0) is 31.0 Å². The first kappa shape index (κ1) is 12.6. The highest BCUT2D eigenvalue weighted by Crippen LogP contribution is 2.39. The highest BCUT2D eigenvalue weighted by molar-refractivity contribution is 5.69. The van der Waals surface area contributed by atoms with Crippen molar-refractivity contribution in [3.05, 3.63) is 24.0 Å². The predicted molar refractivity (Wildman–Crippen MR) is 77.3 cm³/mol. The fraction of sp³-hybridized carbons (Fsp3) is 0.467. The molecule has 4 rings (SSSR count). The summed E-state index contributed by atoms with van der Waals surface area (Å²) in [6.07, 6.45) is 1.97. The van der Waals surface area contributed by atoms with Gasteiger partial charge in [-0.3, -0.25) is 0 Å². The standard InChI is InChI=1S/C15H18N4O2/c16-9-10-4-5-19-13(8-10)17-18-15(19)11-2-1-3-12-14(11)21-7-6-20-12/h1-3,10H,4-9,16H2. The number of ether oxygens (including phenoxy) is 2. The summed E-state index contributed by atoms with van der Waals surface area (Å²) in [5.74, 6) is 3.95. The van der Waals surface area contributed by atoms with E-state index >= 15 is 0 Å². The zero-order valence-electron chi connectivity index (χ0n) is 11.8. The number of benzene rings is 1. The number of hydrogen-bond acceptors (Lipinski definition) is 5. The molecule has 0 saturated heterocycles. The zero-order valence-corrected chi connectivity index (χ0v) is 11.8. The highest BCUT2D eigenvalue weighted by atomic mass is 16.6. The van der Waals surface area contributed by atoms with E-state index in [1.165, 1.54) is 0 Å². The number of hydrogen-bond donors (Lipinski definition) is 1. The van der Waals surface area contributed by atoms with Gasteiger partial charge >= 0.3 is 0 Å². The summed E-state index contributed by atoms with van der Waals surface area (Å²) in [5.41, 5.74) is 6.73. The second-order valence-electron chi connectivity index (χ2n) is 5.52. The molecule has 21 heavy (non-hydrogen) atoms. The first-order valence-electron chi connectivity index (χ1n) is 7.38. The minimum absolute atomic E-state index is 0.513. The van der Waals surface area contributed by atoms with Crippen LogP contribution in [0, 0.1) is 5.92 Å². The Morgan fingerprint density at radius 2 is 2.14 bits per heavy atom. The molecule has 110 valence electrons. The smallest absolute Gasteiger partial charge is 0.172 e. The Labute approximate surface area is 122 Å². The van der Waals surface area contributed by atoms with Gasteiger partial charge in [0, 0.05) is 13.0 Å². The average Bonchev–Trinajstić information content (AvgIpc) is 2.97. The van der Waals surface area contributed by atoms with E-state index in [4.69, 9.17) is 15.2 Å². The number of aromatic nitrogens is 3. The Balaban J connectivity index is 1.77.